The van der Waals surface area contributed by atoms with Crippen LogP contribution in [0.1, 0.15) is 12.2 Å². The van der Waals surface area contributed by atoms with Crippen LogP contribution in [-0.4, -0.2) is 20.8 Å². The summed E-state index contributed by atoms with van der Waals surface area (Å²) in [6.07, 6.45) is 0.0982. The van der Waals surface area contributed by atoms with Gasteiger partial charge in [-0.2, -0.15) is 5.10 Å². The normalized spacial score (nSPS) is 11.0. The molecular formula is C19H16N4O3S. The van der Waals surface area contributed by atoms with Crippen molar-refractivity contribution in [1.29, 1.82) is 0 Å². The predicted molar refractivity (Wildman–Crippen MR) is 104 cm³/mol. The molecule has 0 radical (unpaired) electrons. The van der Waals surface area contributed by atoms with Gasteiger partial charge in [-0.1, -0.05) is 29.4 Å². The summed E-state index contributed by atoms with van der Waals surface area (Å²) in [5.41, 5.74) is 0.531. The molecule has 0 fully saturated rings. The first-order valence-corrected chi connectivity index (χ1v) is 9.27. The molecule has 0 unspecified atom stereocenters. The minimum Gasteiger partial charge on any atom is -0.360 e. The highest BCUT2D eigenvalue weighted by Gasteiger charge is 2.14. The number of carbonyl (C=O) groups excluding carboxylic acids is 1. The molecule has 1 amide bonds. The molecule has 0 saturated heterocycles. The molecule has 0 spiro atoms. The van der Waals surface area contributed by atoms with E-state index < -0.39 is 0 Å². The second-order valence-electron chi connectivity index (χ2n) is 6.02. The van der Waals surface area contributed by atoms with Gasteiger partial charge in [-0.3, -0.25) is 9.59 Å². The van der Waals surface area contributed by atoms with Crippen molar-refractivity contribution in [2.75, 3.05) is 5.32 Å². The number of fused-ring (bicyclic) bond motifs is 1. The smallest absolute Gasteiger partial charge is 0.274 e. The molecule has 27 heavy (non-hydrogen) atoms. The Bertz CT molecular complexity index is 1160. The van der Waals surface area contributed by atoms with E-state index in [1.807, 2.05) is 35.7 Å². The molecule has 4 aromatic rings. The molecule has 136 valence electrons. The molecule has 0 bridgehead atoms. The Kier molecular flexibility index (Phi) is 4.55. The summed E-state index contributed by atoms with van der Waals surface area (Å²) in [4.78, 5) is 25.9. The maximum absolute atomic E-state index is 12.8. The maximum atomic E-state index is 12.8. The lowest BCUT2D eigenvalue weighted by atomic mass is 10.1. The molecule has 1 N–H and O–H groups in total. The first kappa shape index (κ1) is 17.2. The zero-order valence-electron chi connectivity index (χ0n) is 14.5. The van der Waals surface area contributed by atoms with Gasteiger partial charge in [-0.15, -0.1) is 11.3 Å². The molecule has 4 rings (SSSR count). The summed E-state index contributed by atoms with van der Waals surface area (Å²) in [5.74, 6) is 0.705. The number of carbonyl (C=O) groups is 1. The molecule has 0 aliphatic rings. The van der Waals surface area contributed by atoms with Gasteiger partial charge in [0.25, 0.3) is 5.56 Å². The Morgan fingerprint density at radius 3 is 2.74 bits per heavy atom. The van der Waals surface area contributed by atoms with Crippen LogP contribution >= 0.6 is 11.3 Å². The summed E-state index contributed by atoms with van der Waals surface area (Å²) < 4.78 is 6.27. The number of benzene rings is 1. The van der Waals surface area contributed by atoms with E-state index in [0.29, 0.717) is 17.0 Å². The Balaban J connectivity index is 1.63. The number of hydrogen-bond acceptors (Lipinski definition) is 6. The predicted octanol–water partition coefficient (Wildman–Crippen LogP) is 3.45. The van der Waals surface area contributed by atoms with Gasteiger partial charge >= 0.3 is 0 Å². The second kappa shape index (κ2) is 7.16. The standard InChI is InChI=1S/C19H16N4O3S/c1-12-11-16(22-26-12)20-17(24)8-9-23-19(25)14-6-3-2-5-13(14)18(21-23)15-7-4-10-27-15/h2-7,10-11H,8-9H2,1H3,(H,20,22,24). The van der Waals surface area contributed by atoms with Crippen LogP contribution < -0.4 is 10.9 Å². The molecule has 3 aromatic heterocycles. The van der Waals surface area contributed by atoms with Crippen LogP contribution in [0, 0.1) is 6.92 Å². The Hall–Kier alpha value is -3.26. The lowest BCUT2D eigenvalue weighted by Gasteiger charge is -2.10. The highest BCUT2D eigenvalue weighted by atomic mass is 32.1. The van der Waals surface area contributed by atoms with Gasteiger partial charge in [-0.05, 0) is 24.4 Å². The van der Waals surface area contributed by atoms with Crippen molar-refractivity contribution in [3.63, 3.8) is 0 Å². The number of rotatable bonds is 5. The van der Waals surface area contributed by atoms with Gasteiger partial charge in [0, 0.05) is 17.9 Å². The first-order chi connectivity index (χ1) is 13.1. The van der Waals surface area contributed by atoms with Gasteiger partial charge in [-0.25, -0.2) is 4.68 Å². The quantitative estimate of drug-likeness (QED) is 0.573. The third-order valence-corrected chi connectivity index (χ3v) is 4.95. The number of hydrogen-bond donors (Lipinski definition) is 1. The van der Waals surface area contributed by atoms with E-state index in [9.17, 15) is 9.59 Å². The van der Waals surface area contributed by atoms with Crippen molar-refractivity contribution in [2.45, 2.75) is 19.9 Å². The van der Waals surface area contributed by atoms with Crippen molar-refractivity contribution in [3.8, 4) is 10.6 Å². The van der Waals surface area contributed by atoms with Crippen molar-refractivity contribution >= 4 is 33.8 Å². The largest absolute Gasteiger partial charge is 0.360 e. The summed E-state index contributed by atoms with van der Waals surface area (Å²) >= 11 is 1.56. The maximum Gasteiger partial charge on any atom is 0.274 e. The van der Waals surface area contributed by atoms with E-state index in [0.717, 1.165) is 16.0 Å². The number of anilines is 1. The van der Waals surface area contributed by atoms with Gasteiger partial charge < -0.3 is 9.84 Å². The fourth-order valence-corrected chi connectivity index (χ4v) is 3.54. The van der Waals surface area contributed by atoms with Crippen LogP contribution in [0.3, 0.4) is 0 Å². The van der Waals surface area contributed by atoms with E-state index in [2.05, 4.69) is 15.6 Å². The number of aryl methyl sites for hydroxylation is 2. The second-order valence-corrected chi connectivity index (χ2v) is 6.97. The van der Waals surface area contributed by atoms with E-state index in [4.69, 9.17) is 4.52 Å². The highest BCUT2D eigenvalue weighted by Crippen LogP contribution is 2.28. The Morgan fingerprint density at radius 2 is 2.04 bits per heavy atom. The van der Waals surface area contributed by atoms with Crippen molar-refractivity contribution < 1.29 is 9.32 Å². The Morgan fingerprint density at radius 1 is 1.22 bits per heavy atom. The lowest BCUT2D eigenvalue weighted by molar-refractivity contribution is -0.116. The molecule has 0 aliphatic heterocycles. The van der Waals surface area contributed by atoms with Crippen LogP contribution in [0.25, 0.3) is 21.3 Å². The fourth-order valence-electron chi connectivity index (χ4n) is 2.82. The third kappa shape index (κ3) is 3.52. The van der Waals surface area contributed by atoms with E-state index in [1.54, 1.807) is 30.4 Å². The molecule has 1 aromatic carbocycles. The molecule has 7 nitrogen and oxygen atoms in total. The van der Waals surface area contributed by atoms with Crippen molar-refractivity contribution in [2.24, 2.45) is 0 Å². The molecule has 8 heteroatoms. The summed E-state index contributed by atoms with van der Waals surface area (Å²) in [6.45, 7) is 1.91. The molecule has 3 heterocycles. The van der Waals surface area contributed by atoms with Crippen LogP contribution in [0.4, 0.5) is 5.82 Å². The molecule has 0 aliphatic carbocycles. The fraction of sp³-hybridized carbons (Fsp3) is 0.158. The average molecular weight is 380 g/mol. The SMILES string of the molecule is Cc1cc(NC(=O)CCn2nc(-c3cccs3)c3ccccc3c2=O)no1. The van der Waals surface area contributed by atoms with E-state index >= 15 is 0 Å². The lowest BCUT2D eigenvalue weighted by Crippen LogP contribution is -2.26. The minimum atomic E-state index is -0.261. The van der Waals surface area contributed by atoms with Gasteiger partial charge in [0.05, 0.1) is 16.8 Å². The van der Waals surface area contributed by atoms with Gasteiger partial charge in [0.15, 0.2) is 5.82 Å². The van der Waals surface area contributed by atoms with Crippen LogP contribution in [0.2, 0.25) is 0 Å². The zero-order valence-corrected chi connectivity index (χ0v) is 15.3. The van der Waals surface area contributed by atoms with E-state index in [-0.39, 0.29) is 24.4 Å². The van der Waals surface area contributed by atoms with Crippen molar-refractivity contribution in [3.05, 3.63) is 64.0 Å². The summed E-state index contributed by atoms with van der Waals surface area (Å²) in [6, 6.07) is 12.9. The molecule has 0 atom stereocenters. The van der Waals surface area contributed by atoms with Crippen LogP contribution in [0.5, 0.6) is 0 Å². The topological polar surface area (TPSA) is 90.0 Å². The summed E-state index contributed by atoms with van der Waals surface area (Å²) in [5, 5.41) is 14.3. The third-order valence-electron chi connectivity index (χ3n) is 4.07. The highest BCUT2D eigenvalue weighted by molar-refractivity contribution is 7.13. The van der Waals surface area contributed by atoms with Gasteiger partial charge in [0.2, 0.25) is 5.91 Å². The van der Waals surface area contributed by atoms with Gasteiger partial charge in [0.1, 0.15) is 11.5 Å². The van der Waals surface area contributed by atoms with Crippen molar-refractivity contribution in [1.82, 2.24) is 14.9 Å². The van der Waals surface area contributed by atoms with Crippen LogP contribution in [0.15, 0.2) is 57.2 Å². The Labute approximate surface area is 158 Å². The number of thiophene rings is 1. The minimum absolute atomic E-state index is 0.0982. The number of aromatic nitrogens is 3. The molecule has 0 saturated carbocycles. The number of nitrogens with one attached hydrogen (secondary N) is 1. The van der Waals surface area contributed by atoms with Crippen LogP contribution in [-0.2, 0) is 11.3 Å². The monoisotopic (exact) mass is 380 g/mol. The number of nitrogens with zero attached hydrogens (tertiary/aromatic N) is 3. The number of amides is 1. The average Bonchev–Trinajstić information content (AvgIpc) is 3.33. The molecular weight excluding hydrogens is 364 g/mol. The first-order valence-electron chi connectivity index (χ1n) is 8.39. The zero-order chi connectivity index (χ0) is 18.8. The summed E-state index contributed by atoms with van der Waals surface area (Å²) in [7, 11) is 0. The van der Waals surface area contributed by atoms with E-state index in [1.165, 1.54) is 4.68 Å².